The highest BCUT2D eigenvalue weighted by Gasteiger charge is 2.35. The Hall–Kier alpha value is -2.25. The van der Waals surface area contributed by atoms with E-state index in [1.807, 2.05) is 25.7 Å². The summed E-state index contributed by atoms with van der Waals surface area (Å²) in [6.07, 6.45) is 1.52. The van der Waals surface area contributed by atoms with Crippen molar-refractivity contribution < 1.29 is 4.79 Å². The van der Waals surface area contributed by atoms with E-state index in [-0.39, 0.29) is 17.9 Å². The zero-order valence-electron chi connectivity index (χ0n) is 12.4. The van der Waals surface area contributed by atoms with E-state index in [0.29, 0.717) is 25.2 Å². The molecule has 0 aliphatic carbocycles. The van der Waals surface area contributed by atoms with E-state index >= 15 is 0 Å². The number of rotatable bonds is 4. The standard InChI is InChI=1S/C13H19N7O/c1-4-20-12-10(17-18-20)11(14-7-15-12)19-5-9(6-19)13(21)16-8(2)3/h7-9H,4-6H2,1-3H3,(H,16,21). The molecule has 8 nitrogen and oxygen atoms in total. The molecule has 2 aromatic heterocycles. The maximum Gasteiger partial charge on any atom is 0.226 e. The second kappa shape index (κ2) is 5.27. The second-order valence-corrected chi connectivity index (χ2v) is 5.54. The summed E-state index contributed by atoms with van der Waals surface area (Å²) < 4.78 is 1.74. The normalized spacial score (nSPS) is 15.5. The smallest absolute Gasteiger partial charge is 0.226 e. The van der Waals surface area contributed by atoms with Gasteiger partial charge in [0.05, 0.1) is 5.92 Å². The van der Waals surface area contributed by atoms with Crippen LogP contribution in [0.2, 0.25) is 0 Å². The number of nitrogens with zero attached hydrogens (tertiary/aromatic N) is 6. The third-order valence-electron chi connectivity index (χ3n) is 3.56. The van der Waals surface area contributed by atoms with Crippen molar-refractivity contribution in [3.63, 3.8) is 0 Å². The van der Waals surface area contributed by atoms with Gasteiger partial charge in [-0.3, -0.25) is 4.79 Å². The quantitative estimate of drug-likeness (QED) is 0.865. The molecule has 1 saturated heterocycles. The Bertz CT molecular complexity index is 660. The van der Waals surface area contributed by atoms with Crippen LogP contribution in [-0.2, 0) is 11.3 Å². The van der Waals surface area contributed by atoms with Gasteiger partial charge >= 0.3 is 0 Å². The molecule has 1 amide bonds. The molecular formula is C13H19N7O. The fourth-order valence-corrected chi connectivity index (χ4v) is 2.44. The van der Waals surface area contributed by atoms with Crippen molar-refractivity contribution in [2.24, 2.45) is 5.92 Å². The van der Waals surface area contributed by atoms with E-state index in [2.05, 4.69) is 25.6 Å². The first-order valence-electron chi connectivity index (χ1n) is 7.19. The molecule has 0 atom stereocenters. The van der Waals surface area contributed by atoms with Crippen LogP contribution in [-0.4, -0.2) is 50.0 Å². The third kappa shape index (κ3) is 2.41. The summed E-state index contributed by atoms with van der Waals surface area (Å²) in [5.41, 5.74) is 1.43. The van der Waals surface area contributed by atoms with Crippen LogP contribution in [0.3, 0.4) is 0 Å². The summed E-state index contributed by atoms with van der Waals surface area (Å²) in [7, 11) is 0. The molecule has 0 bridgehead atoms. The van der Waals surface area contributed by atoms with Crippen LogP contribution in [0.4, 0.5) is 5.82 Å². The average molecular weight is 289 g/mol. The molecule has 0 unspecified atom stereocenters. The fourth-order valence-electron chi connectivity index (χ4n) is 2.44. The molecule has 1 N–H and O–H groups in total. The maximum atomic E-state index is 11.9. The highest BCUT2D eigenvalue weighted by molar-refractivity contribution is 5.86. The number of amides is 1. The van der Waals surface area contributed by atoms with Crippen LogP contribution in [0, 0.1) is 5.92 Å². The van der Waals surface area contributed by atoms with E-state index in [4.69, 9.17) is 0 Å². The first kappa shape index (κ1) is 13.7. The SMILES string of the molecule is CCn1nnc2c(N3CC(C(=O)NC(C)C)C3)ncnc21. The number of aromatic nitrogens is 5. The Balaban J connectivity index is 1.75. The van der Waals surface area contributed by atoms with Gasteiger partial charge in [0.15, 0.2) is 17.0 Å². The summed E-state index contributed by atoms with van der Waals surface area (Å²) >= 11 is 0. The number of carbonyl (C=O) groups excluding carboxylic acids is 1. The Morgan fingerprint density at radius 3 is 2.86 bits per heavy atom. The number of nitrogens with one attached hydrogen (secondary N) is 1. The lowest BCUT2D eigenvalue weighted by Crippen LogP contribution is -2.55. The van der Waals surface area contributed by atoms with Gasteiger partial charge < -0.3 is 10.2 Å². The number of anilines is 1. The molecule has 21 heavy (non-hydrogen) atoms. The van der Waals surface area contributed by atoms with Crippen LogP contribution in [0.15, 0.2) is 6.33 Å². The van der Waals surface area contributed by atoms with Gasteiger partial charge in [0, 0.05) is 25.7 Å². The number of hydrogen-bond donors (Lipinski definition) is 1. The zero-order chi connectivity index (χ0) is 15.0. The minimum absolute atomic E-state index is 0.0126. The molecule has 1 fully saturated rings. The monoisotopic (exact) mass is 289 g/mol. The Morgan fingerprint density at radius 1 is 1.43 bits per heavy atom. The third-order valence-corrected chi connectivity index (χ3v) is 3.56. The van der Waals surface area contributed by atoms with Crippen molar-refractivity contribution in [3.8, 4) is 0 Å². The summed E-state index contributed by atoms with van der Waals surface area (Å²) in [4.78, 5) is 22.5. The molecule has 0 radical (unpaired) electrons. The molecule has 0 saturated carbocycles. The van der Waals surface area contributed by atoms with E-state index in [1.54, 1.807) is 4.68 Å². The van der Waals surface area contributed by atoms with E-state index in [9.17, 15) is 4.79 Å². The van der Waals surface area contributed by atoms with Gasteiger partial charge in [-0.25, -0.2) is 14.6 Å². The van der Waals surface area contributed by atoms with Crippen LogP contribution in [0.5, 0.6) is 0 Å². The van der Waals surface area contributed by atoms with Crippen molar-refractivity contribution in [3.05, 3.63) is 6.33 Å². The lowest BCUT2D eigenvalue weighted by atomic mass is 9.99. The van der Waals surface area contributed by atoms with Gasteiger partial charge in [-0.05, 0) is 20.8 Å². The topological polar surface area (TPSA) is 88.8 Å². The maximum absolute atomic E-state index is 11.9. The highest BCUT2D eigenvalue weighted by Crippen LogP contribution is 2.27. The van der Waals surface area contributed by atoms with Crippen molar-refractivity contribution in [1.29, 1.82) is 0 Å². The molecule has 3 heterocycles. The van der Waals surface area contributed by atoms with Gasteiger partial charge in [0.2, 0.25) is 5.91 Å². The van der Waals surface area contributed by atoms with Gasteiger partial charge in [-0.1, -0.05) is 5.21 Å². The summed E-state index contributed by atoms with van der Waals surface area (Å²) in [6.45, 7) is 7.95. The van der Waals surface area contributed by atoms with Crippen LogP contribution < -0.4 is 10.2 Å². The van der Waals surface area contributed by atoms with Crippen molar-refractivity contribution in [2.45, 2.75) is 33.4 Å². The van der Waals surface area contributed by atoms with Gasteiger partial charge in [0.25, 0.3) is 0 Å². The molecule has 8 heteroatoms. The van der Waals surface area contributed by atoms with Crippen LogP contribution in [0.25, 0.3) is 11.2 Å². The molecular weight excluding hydrogens is 270 g/mol. The van der Waals surface area contributed by atoms with Crippen LogP contribution in [0.1, 0.15) is 20.8 Å². The minimum Gasteiger partial charge on any atom is -0.354 e. The fraction of sp³-hybridized carbons (Fsp3) is 0.615. The lowest BCUT2D eigenvalue weighted by molar-refractivity contribution is -0.126. The molecule has 1 aliphatic rings. The first-order chi connectivity index (χ1) is 10.1. The summed E-state index contributed by atoms with van der Waals surface area (Å²) in [5, 5.41) is 11.2. The van der Waals surface area contributed by atoms with Crippen molar-refractivity contribution >= 4 is 22.9 Å². The highest BCUT2D eigenvalue weighted by atomic mass is 16.2. The van der Waals surface area contributed by atoms with Gasteiger partial charge in [0.1, 0.15) is 6.33 Å². The Kier molecular flexibility index (Phi) is 3.44. The summed E-state index contributed by atoms with van der Waals surface area (Å²) in [6, 6.07) is 0.168. The van der Waals surface area contributed by atoms with E-state index < -0.39 is 0 Å². The second-order valence-electron chi connectivity index (χ2n) is 5.54. The molecule has 112 valence electrons. The minimum atomic E-state index is 0.0126. The lowest BCUT2D eigenvalue weighted by Gasteiger charge is -2.39. The molecule has 0 aromatic carbocycles. The van der Waals surface area contributed by atoms with Crippen LogP contribution >= 0.6 is 0 Å². The summed E-state index contributed by atoms with van der Waals surface area (Å²) in [5.74, 6) is 0.871. The van der Waals surface area contributed by atoms with Gasteiger partial charge in [-0.2, -0.15) is 0 Å². The zero-order valence-corrected chi connectivity index (χ0v) is 12.4. The molecule has 1 aliphatic heterocycles. The number of carbonyl (C=O) groups is 1. The van der Waals surface area contributed by atoms with Crippen molar-refractivity contribution in [2.75, 3.05) is 18.0 Å². The van der Waals surface area contributed by atoms with E-state index in [1.165, 1.54) is 6.33 Å². The number of hydrogen-bond acceptors (Lipinski definition) is 6. The predicted octanol–water partition coefficient (Wildman–Crippen LogP) is 0.202. The Labute approximate surface area is 122 Å². The number of aryl methyl sites for hydroxylation is 1. The molecule has 2 aromatic rings. The first-order valence-corrected chi connectivity index (χ1v) is 7.19. The predicted molar refractivity (Wildman–Crippen MR) is 77.8 cm³/mol. The average Bonchev–Trinajstić information content (AvgIpc) is 2.79. The number of fused-ring (bicyclic) bond motifs is 1. The largest absolute Gasteiger partial charge is 0.354 e. The van der Waals surface area contributed by atoms with Gasteiger partial charge in [-0.15, -0.1) is 5.10 Å². The molecule has 3 rings (SSSR count). The van der Waals surface area contributed by atoms with E-state index in [0.717, 1.165) is 11.5 Å². The van der Waals surface area contributed by atoms with Crippen molar-refractivity contribution in [1.82, 2.24) is 30.3 Å². The Morgan fingerprint density at radius 2 is 2.19 bits per heavy atom. The molecule has 0 spiro atoms.